The van der Waals surface area contributed by atoms with Gasteiger partial charge in [-0.1, -0.05) is 36.4 Å². The lowest BCUT2D eigenvalue weighted by atomic mass is 10.2. The van der Waals surface area contributed by atoms with Gasteiger partial charge in [-0.15, -0.1) is 15.3 Å². The molecule has 7 nitrogen and oxygen atoms in total. The van der Waals surface area contributed by atoms with Crippen LogP contribution in [0.5, 0.6) is 0 Å². The quantitative estimate of drug-likeness (QED) is 0.538. The number of hydrogen-bond donors (Lipinski definition) is 0. The van der Waals surface area contributed by atoms with E-state index in [0.29, 0.717) is 5.82 Å². The summed E-state index contributed by atoms with van der Waals surface area (Å²) in [5.74, 6) is 1.62. The van der Waals surface area contributed by atoms with Crippen molar-refractivity contribution in [1.29, 1.82) is 0 Å². The molecule has 3 aromatic heterocycles. The Bertz CT molecular complexity index is 1100. The van der Waals surface area contributed by atoms with Crippen molar-refractivity contribution in [2.75, 3.05) is 31.1 Å². The van der Waals surface area contributed by atoms with Crippen molar-refractivity contribution in [2.45, 2.75) is 13.5 Å². The number of aryl methyl sites for hydroxylation is 1. The molecule has 1 saturated heterocycles. The predicted molar refractivity (Wildman–Crippen MR) is 113 cm³/mol. The summed E-state index contributed by atoms with van der Waals surface area (Å²) in [6.07, 6.45) is 1.84. The number of pyridine rings is 1. The summed E-state index contributed by atoms with van der Waals surface area (Å²) < 4.78 is 1.79. The first-order valence-electron chi connectivity index (χ1n) is 9.93. The van der Waals surface area contributed by atoms with Crippen molar-refractivity contribution in [2.24, 2.45) is 0 Å². The van der Waals surface area contributed by atoms with Crippen LogP contribution in [0.1, 0.15) is 11.1 Å². The largest absolute Gasteiger partial charge is 0.353 e. The first-order valence-corrected chi connectivity index (χ1v) is 9.93. The zero-order valence-electron chi connectivity index (χ0n) is 16.4. The highest BCUT2D eigenvalue weighted by Gasteiger charge is 2.19. The van der Waals surface area contributed by atoms with E-state index in [4.69, 9.17) is 5.10 Å². The Kier molecular flexibility index (Phi) is 4.65. The van der Waals surface area contributed by atoms with Gasteiger partial charge in [0.25, 0.3) is 0 Å². The van der Waals surface area contributed by atoms with E-state index in [1.54, 1.807) is 4.52 Å². The van der Waals surface area contributed by atoms with Crippen molar-refractivity contribution in [3.63, 3.8) is 0 Å². The molecule has 5 rings (SSSR count). The second-order valence-corrected chi connectivity index (χ2v) is 7.45. The molecular weight excluding hydrogens is 362 g/mol. The maximum absolute atomic E-state index is 4.83. The Labute approximate surface area is 169 Å². The Morgan fingerprint density at radius 3 is 2.45 bits per heavy atom. The van der Waals surface area contributed by atoms with Crippen LogP contribution in [0.15, 0.2) is 60.8 Å². The minimum absolute atomic E-state index is 0.671. The van der Waals surface area contributed by atoms with Gasteiger partial charge in [-0.2, -0.15) is 4.52 Å². The molecule has 4 heterocycles. The van der Waals surface area contributed by atoms with Crippen molar-refractivity contribution in [1.82, 2.24) is 29.7 Å². The van der Waals surface area contributed by atoms with Gasteiger partial charge in [-0.25, -0.2) is 0 Å². The first-order chi connectivity index (χ1) is 14.3. The van der Waals surface area contributed by atoms with Gasteiger partial charge in [0, 0.05) is 38.9 Å². The molecule has 0 saturated carbocycles. The molecule has 29 heavy (non-hydrogen) atoms. The molecule has 1 aliphatic rings. The van der Waals surface area contributed by atoms with E-state index >= 15 is 0 Å². The lowest BCUT2D eigenvalue weighted by molar-refractivity contribution is 0.249. The lowest BCUT2D eigenvalue weighted by Gasteiger charge is -2.35. The van der Waals surface area contributed by atoms with Crippen molar-refractivity contribution in [3.8, 4) is 11.5 Å². The smallest absolute Gasteiger partial charge is 0.203 e. The van der Waals surface area contributed by atoms with Gasteiger partial charge in [0.15, 0.2) is 5.65 Å². The average Bonchev–Trinajstić information content (AvgIpc) is 3.19. The Morgan fingerprint density at radius 2 is 1.69 bits per heavy atom. The predicted octanol–water partition coefficient (Wildman–Crippen LogP) is 2.82. The summed E-state index contributed by atoms with van der Waals surface area (Å²) in [4.78, 5) is 9.30. The molecule has 1 fully saturated rings. The Balaban J connectivity index is 1.33. The minimum atomic E-state index is 0.671. The SMILES string of the molecule is Cc1ccc(-c2nnc3ccc(N4CCN(Cc5ccccc5)CC4)nn23)nc1. The third-order valence-corrected chi connectivity index (χ3v) is 5.33. The molecular formula is C22H23N7. The van der Waals surface area contributed by atoms with Gasteiger partial charge in [-0.3, -0.25) is 9.88 Å². The minimum Gasteiger partial charge on any atom is -0.353 e. The number of benzene rings is 1. The van der Waals surface area contributed by atoms with Crippen molar-refractivity contribution >= 4 is 11.5 Å². The van der Waals surface area contributed by atoms with Crippen LogP contribution < -0.4 is 4.90 Å². The van der Waals surface area contributed by atoms with Crippen LogP contribution in [-0.4, -0.2) is 55.9 Å². The summed E-state index contributed by atoms with van der Waals surface area (Å²) in [5.41, 5.74) is 3.99. The molecule has 0 unspecified atom stereocenters. The normalized spacial score (nSPS) is 15.1. The van der Waals surface area contributed by atoms with E-state index in [-0.39, 0.29) is 0 Å². The van der Waals surface area contributed by atoms with Crippen LogP contribution in [0.4, 0.5) is 5.82 Å². The molecule has 0 atom stereocenters. The van der Waals surface area contributed by atoms with Crippen LogP contribution in [0.2, 0.25) is 0 Å². The standard InChI is InChI=1S/C22H23N7/c1-17-7-8-19(23-15-17)22-25-24-20-9-10-21(26-29(20)22)28-13-11-27(12-14-28)16-18-5-3-2-4-6-18/h2-10,15H,11-14,16H2,1H3. The Hall–Kier alpha value is -3.32. The second-order valence-electron chi connectivity index (χ2n) is 7.45. The van der Waals surface area contributed by atoms with E-state index < -0.39 is 0 Å². The molecule has 0 radical (unpaired) electrons. The molecule has 1 aromatic carbocycles. The fraction of sp³-hybridized carbons (Fsp3) is 0.273. The highest BCUT2D eigenvalue weighted by atomic mass is 15.4. The number of hydrogen-bond acceptors (Lipinski definition) is 6. The summed E-state index contributed by atoms with van der Waals surface area (Å²) in [5, 5.41) is 13.4. The molecule has 1 aliphatic heterocycles. The average molecular weight is 385 g/mol. The molecule has 7 heteroatoms. The maximum Gasteiger partial charge on any atom is 0.203 e. The number of aromatic nitrogens is 5. The number of nitrogens with zero attached hydrogens (tertiary/aromatic N) is 7. The molecule has 146 valence electrons. The lowest BCUT2D eigenvalue weighted by Crippen LogP contribution is -2.46. The van der Waals surface area contributed by atoms with Gasteiger partial charge in [0.1, 0.15) is 11.5 Å². The van der Waals surface area contributed by atoms with Crippen LogP contribution in [0.3, 0.4) is 0 Å². The number of fused-ring (bicyclic) bond motifs is 1. The van der Waals surface area contributed by atoms with E-state index in [0.717, 1.165) is 55.4 Å². The maximum atomic E-state index is 4.83. The highest BCUT2D eigenvalue weighted by molar-refractivity contribution is 5.56. The van der Waals surface area contributed by atoms with E-state index in [1.807, 2.05) is 37.4 Å². The molecule has 4 aromatic rings. The third kappa shape index (κ3) is 3.69. The van der Waals surface area contributed by atoms with Crippen molar-refractivity contribution < 1.29 is 0 Å². The summed E-state index contributed by atoms with van der Waals surface area (Å²) in [6.45, 7) is 6.95. The van der Waals surface area contributed by atoms with Gasteiger partial charge in [-0.05, 0) is 36.2 Å². The van der Waals surface area contributed by atoms with Crippen molar-refractivity contribution in [3.05, 3.63) is 71.9 Å². The van der Waals surface area contributed by atoms with Crippen LogP contribution in [0, 0.1) is 6.92 Å². The summed E-state index contributed by atoms with van der Waals surface area (Å²) in [7, 11) is 0. The number of piperazine rings is 1. The molecule has 0 bridgehead atoms. The fourth-order valence-electron chi connectivity index (χ4n) is 3.68. The second kappa shape index (κ2) is 7.60. The zero-order valence-corrected chi connectivity index (χ0v) is 16.4. The molecule has 0 aliphatic carbocycles. The van der Waals surface area contributed by atoms with Gasteiger partial charge in [0.2, 0.25) is 5.82 Å². The monoisotopic (exact) mass is 385 g/mol. The van der Waals surface area contributed by atoms with Crippen LogP contribution in [-0.2, 0) is 6.54 Å². The third-order valence-electron chi connectivity index (χ3n) is 5.33. The summed E-state index contributed by atoms with van der Waals surface area (Å²) >= 11 is 0. The zero-order chi connectivity index (χ0) is 19.6. The number of rotatable bonds is 4. The van der Waals surface area contributed by atoms with E-state index in [9.17, 15) is 0 Å². The topological polar surface area (TPSA) is 62.5 Å². The fourth-order valence-corrected chi connectivity index (χ4v) is 3.68. The van der Waals surface area contributed by atoms with Gasteiger partial charge < -0.3 is 4.90 Å². The first kappa shape index (κ1) is 17.8. The van der Waals surface area contributed by atoms with E-state index in [1.165, 1.54) is 5.56 Å². The van der Waals surface area contributed by atoms with E-state index in [2.05, 4.69) is 55.3 Å². The van der Waals surface area contributed by atoms with Gasteiger partial charge in [0.05, 0.1) is 0 Å². The molecule has 0 spiro atoms. The number of anilines is 1. The van der Waals surface area contributed by atoms with Crippen LogP contribution in [0.25, 0.3) is 17.2 Å². The van der Waals surface area contributed by atoms with Crippen LogP contribution >= 0.6 is 0 Å². The highest BCUT2D eigenvalue weighted by Crippen LogP contribution is 2.19. The Morgan fingerprint density at radius 1 is 0.862 bits per heavy atom. The molecule has 0 amide bonds. The summed E-state index contributed by atoms with van der Waals surface area (Å²) in [6, 6.07) is 18.6. The molecule has 0 N–H and O–H groups in total. The van der Waals surface area contributed by atoms with Gasteiger partial charge >= 0.3 is 0 Å².